The Bertz CT molecular complexity index is 1180. The molecule has 3 aliphatic rings. The fraction of sp³-hybridized carbons (Fsp3) is 0.296. The van der Waals surface area contributed by atoms with Crippen LogP contribution in [0.4, 0.5) is 10.5 Å². The summed E-state index contributed by atoms with van der Waals surface area (Å²) in [6.07, 6.45) is 0.549. The number of nitrogens with zero attached hydrogens (tertiary/aromatic N) is 1. The first kappa shape index (κ1) is 20.8. The van der Waals surface area contributed by atoms with Crippen LogP contribution in [0.1, 0.15) is 35.1 Å². The zero-order chi connectivity index (χ0) is 22.5. The summed E-state index contributed by atoms with van der Waals surface area (Å²) in [5, 5.41) is 13.4. The molecule has 6 rings (SSSR count). The van der Waals surface area contributed by atoms with Crippen LogP contribution in [0.2, 0.25) is 0 Å². The molecule has 0 saturated carbocycles. The number of aliphatic hydroxyl groups is 1. The number of fused-ring (bicyclic) bond motifs is 6. The highest BCUT2D eigenvalue weighted by atomic mass is 79.9. The lowest BCUT2D eigenvalue weighted by molar-refractivity contribution is 0.0877. The van der Waals surface area contributed by atoms with E-state index in [1.807, 2.05) is 29.2 Å². The number of carbonyl (C=O) groups excluding carboxylic acids is 1. The quantitative estimate of drug-likeness (QED) is 0.490. The molecule has 3 aromatic rings. The van der Waals surface area contributed by atoms with Crippen molar-refractivity contribution < 1.29 is 14.6 Å². The molecule has 1 fully saturated rings. The lowest BCUT2D eigenvalue weighted by atomic mass is 9.83. The number of benzene rings is 3. The smallest absolute Gasteiger partial charge is 0.410 e. The Kier molecular flexibility index (Phi) is 5.15. The minimum Gasteiger partial charge on any atom is -0.448 e. The standard InChI is InChI=1S/C27H25BrN2O3/c28-16-9-10-24-22(13-16)26-21(25(14-31)29-24)11-12-30(26)27(32)33-15-23-19-7-3-1-5-17(19)18-6-2-4-8-20(18)23/h1-10,13,21,23,25-26,29,31H,11-12,14-15H2/t21-,25-,26-/m1/s1. The average Bonchev–Trinajstić information content (AvgIpc) is 3.43. The Balaban J connectivity index is 1.26. The number of anilines is 1. The summed E-state index contributed by atoms with van der Waals surface area (Å²) in [4.78, 5) is 15.2. The van der Waals surface area contributed by atoms with Crippen LogP contribution in [-0.4, -0.2) is 41.9 Å². The first-order valence-electron chi connectivity index (χ1n) is 11.4. The van der Waals surface area contributed by atoms with Gasteiger partial charge in [-0.25, -0.2) is 4.79 Å². The maximum atomic E-state index is 13.4. The molecule has 3 atom stereocenters. The normalized spacial score (nSPS) is 22.7. The largest absolute Gasteiger partial charge is 0.448 e. The van der Waals surface area contributed by atoms with Crippen LogP contribution in [0.25, 0.3) is 11.1 Å². The third-order valence-electron chi connectivity index (χ3n) is 7.40. The van der Waals surface area contributed by atoms with Gasteiger partial charge in [-0.15, -0.1) is 0 Å². The summed E-state index contributed by atoms with van der Waals surface area (Å²) in [7, 11) is 0. The van der Waals surface area contributed by atoms with Gasteiger partial charge in [0.1, 0.15) is 6.61 Å². The lowest BCUT2D eigenvalue weighted by Gasteiger charge is -2.38. The van der Waals surface area contributed by atoms with Crippen molar-refractivity contribution in [3.05, 3.63) is 87.9 Å². The van der Waals surface area contributed by atoms with E-state index < -0.39 is 0 Å². The third kappa shape index (κ3) is 3.35. The number of nitrogens with one attached hydrogen (secondary N) is 1. The Morgan fingerprint density at radius 3 is 2.42 bits per heavy atom. The van der Waals surface area contributed by atoms with Gasteiger partial charge in [0, 0.05) is 28.5 Å². The van der Waals surface area contributed by atoms with E-state index in [9.17, 15) is 9.90 Å². The van der Waals surface area contributed by atoms with E-state index in [2.05, 4.69) is 63.7 Å². The zero-order valence-corrected chi connectivity index (χ0v) is 19.7. The topological polar surface area (TPSA) is 61.8 Å². The molecule has 33 heavy (non-hydrogen) atoms. The highest BCUT2D eigenvalue weighted by molar-refractivity contribution is 9.10. The summed E-state index contributed by atoms with van der Waals surface area (Å²) in [6.45, 7) is 0.971. The molecule has 0 bridgehead atoms. The highest BCUT2D eigenvalue weighted by Crippen LogP contribution is 2.48. The Hall–Kier alpha value is -2.83. The summed E-state index contributed by atoms with van der Waals surface area (Å²) in [5.41, 5.74) is 6.91. The van der Waals surface area contributed by atoms with Crippen molar-refractivity contribution in [2.75, 3.05) is 25.1 Å². The molecule has 0 aromatic heterocycles. The molecule has 5 nitrogen and oxygen atoms in total. The molecule has 1 saturated heterocycles. The predicted octanol–water partition coefficient (Wildman–Crippen LogP) is 5.55. The molecular weight excluding hydrogens is 480 g/mol. The summed E-state index contributed by atoms with van der Waals surface area (Å²) < 4.78 is 6.95. The SMILES string of the molecule is O=C(OCC1c2ccccc2-c2ccccc21)N1CC[C@@H]2[C@@H](CO)Nc3ccc(Br)cc3[C@@H]21. The molecule has 6 heteroatoms. The molecule has 2 heterocycles. The van der Waals surface area contributed by atoms with E-state index in [-0.39, 0.29) is 36.6 Å². The van der Waals surface area contributed by atoms with Gasteiger partial charge in [-0.2, -0.15) is 0 Å². The molecule has 0 spiro atoms. The van der Waals surface area contributed by atoms with Crippen LogP contribution in [0.3, 0.4) is 0 Å². The van der Waals surface area contributed by atoms with Gasteiger partial charge in [0.05, 0.1) is 18.7 Å². The first-order valence-corrected chi connectivity index (χ1v) is 12.2. The molecule has 0 unspecified atom stereocenters. The summed E-state index contributed by atoms with van der Waals surface area (Å²) >= 11 is 3.57. The van der Waals surface area contributed by atoms with E-state index in [4.69, 9.17) is 4.74 Å². The van der Waals surface area contributed by atoms with Crippen molar-refractivity contribution in [2.45, 2.75) is 24.4 Å². The fourth-order valence-electron chi connectivity index (χ4n) is 5.92. The molecule has 3 aromatic carbocycles. The molecule has 168 valence electrons. The van der Waals surface area contributed by atoms with Crippen molar-refractivity contribution in [1.82, 2.24) is 4.90 Å². The van der Waals surface area contributed by atoms with Crippen LogP contribution in [-0.2, 0) is 4.74 Å². The van der Waals surface area contributed by atoms with Crippen LogP contribution >= 0.6 is 15.9 Å². The van der Waals surface area contributed by atoms with Gasteiger partial charge in [-0.05, 0) is 52.4 Å². The summed E-state index contributed by atoms with van der Waals surface area (Å²) in [6, 6.07) is 22.6. The molecule has 2 aliphatic heterocycles. The summed E-state index contributed by atoms with van der Waals surface area (Å²) in [5.74, 6) is 0.191. The van der Waals surface area contributed by atoms with Crippen molar-refractivity contribution in [3.8, 4) is 11.1 Å². The van der Waals surface area contributed by atoms with Crippen molar-refractivity contribution in [1.29, 1.82) is 0 Å². The number of hydrogen-bond donors (Lipinski definition) is 2. The lowest BCUT2D eigenvalue weighted by Crippen LogP contribution is -2.43. The van der Waals surface area contributed by atoms with Crippen molar-refractivity contribution >= 4 is 27.7 Å². The van der Waals surface area contributed by atoms with E-state index in [0.29, 0.717) is 13.2 Å². The van der Waals surface area contributed by atoms with Crippen LogP contribution in [0.5, 0.6) is 0 Å². The number of likely N-dealkylation sites (tertiary alicyclic amines) is 1. The molecular formula is C27H25BrN2O3. The second kappa shape index (κ2) is 8.19. The van der Waals surface area contributed by atoms with Gasteiger partial charge >= 0.3 is 6.09 Å². The number of halogens is 1. The number of ether oxygens (including phenoxy) is 1. The van der Waals surface area contributed by atoms with E-state index in [1.165, 1.54) is 22.3 Å². The number of amides is 1. The van der Waals surface area contributed by atoms with E-state index in [1.54, 1.807) is 0 Å². The minimum absolute atomic E-state index is 0.0369. The fourth-order valence-corrected chi connectivity index (χ4v) is 6.29. The van der Waals surface area contributed by atoms with Crippen LogP contribution in [0.15, 0.2) is 71.2 Å². The second-order valence-corrected chi connectivity index (χ2v) is 9.98. The number of aliphatic hydroxyl groups excluding tert-OH is 1. The van der Waals surface area contributed by atoms with E-state index in [0.717, 1.165) is 22.1 Å². The number of carbonyl (C=O) groups is 1. The predicted molar refractivity (Wildman–Crippen MR) is 131 cm³/mol. The van der Waals surface area contributed by atoms with Gasteiger partial charge in [-0.3, -0.25) is 0 Å². The van der Waals surface area contributed by atoms with Crippen molar-refractivity contribution in [3.63, 3.8) is 0 Å². The Labute approximate surface area is 201 Å². The molecule has 1 aliphatic carbocycles. The van der Waals surface area contributed by atoms with Crippen LogP contribution in [0, 0.1) is 5.92 Å². The molecule has 1 amide bonds. The van der Waals surface area contributed by atoms with Gasteiger partial charge in [0.25, 0.3) is 0 Å². The minimum atomic E-state index is -0.283. The van der Waals surface area contributed by atoms with Gasteiger partial charge in [0.15, 0.2) is 0 Å². The Morgan fingerprint density at radius 2 is 1.73 bits per heavy atom. The molecule has 0 radical (unpaired) electrons. The maximum absolute atomic E-state index is 13.4. The van der Waals surface area contributed by atoms with Gasteiger partial charge in [-0.1, -0.05) is 64.5 Å². The van der Waals surface area contributed by atoms with Crippen LogP contribution < -0.4 is 5.32 Å². The number of rotatable bonds is 3. The first-order chi connectivity index (χ1) is 16.2. The monoisotopic (exact) mass is 504 g/mol. The van der Waals surface area contributed by atoms with Gasteiger partial charge in [0.2, 0.25) is 0 Å². The van der Waals surface area contributed by atoms with Gasteiger partial charge < -0.3 is 20.1 Å². The Morgan fingerprint density at radius 1 is 1.03 bits per heavy atom. The third-order valence-corrected chi connectivity index (χ3v) is 7.90. The average molecular weight is 505 g/mol. The number of hydrogen-bond acceptors (Lipinski definition) is 4. The molecule has 2 N–H and O–H groups in total. The van der Waals surface area contributed by atoms with Crippen molar-refractivity contribution in [2.24, 2.45) is 5.92 Å². The maximum Gasteiger partial charge on any atom is 0.410 e. The second-order valence-electron chi connectivity index (χ2n) is 9.06. The zero-order valence-electron chi connectivity index (χ0n) is 18.1. The highest BCUT2D eigenvalue weighted by Gasteiger charge is 2.46. The van der Waals surface area contributed by atoms with E-state index >= 15 is 0 Å².